The molecule has 0 radical (unpaired) electrons. The number of para-hydroxylation sites is 1. The molecule has 2 heterocycles. The molecule has 4 N–H and O–H groups in total. The van der Waals surface area contributed by atoms with E-state index in [4.69, 9.17) is 10.5 Å². The van der Waals surface area contributed by atoms with E-state index in [1.165, 1.54) is 0 Å². The van der Waals surface area contributed by atoms with Crippen LogP contribution in [0, 0.1) is 5.41 Å². The topological polar surface area (TPSA) is 122 Å². The van der Waals surface area contributed by atoms with Crippen molar-refractivity contribution >= 4 is 23.6 Å². The highest BCUT2D eigenvalue weighted by Crippen LogP contribution is 2.50. The number of primary amides is 1. The van der Waals surface area contributed by atoms with Crippen molar-refractivity contribution in [3.05, 3.63) is 29.8 Å². The second-order valence-corrected chi connectivity index (χ2v) is 7.83. The number of likely N-dealkylation sites (tertiary alicyclic amines) is 1. The van der Waals surface area contributed by atoms with Crippen molar-refractivity contribution in [2.24, 2.45) is 11.1 Å². The molecular formula is C18H23N3O5. The van der Waals surface area contributed by atoms with E-state index in [0.29, 0.717) is 11.3 Å². The maximum Gasteiger partial charge on any atom is 0.411 e. The number of carbonyl (C=O) groups excluding carboxylic acids is 3. The van der Waals surface area contributed by atoms with Crippen molar-refractivity contribution in [1.82, 2.24) is 4.90 Å². The average Bonchev–Trinajstić information content (AvgIpc) is 2.94. The fourth-order valence-electron chi connectivity index (χ4n) is 3.58. The minimum absolute atomic E-state index is 0.0666. The molecule has 2 aliphatic heterocycles. The third-order valence-electron chi connectivity index (χ3n) is 4.82. The van der Waals surface area contributed by atoms with Gasteiger partial charge >= 0.3 is 6.09 Å². The number of hydrogen-bond acceptors (Lipinski definition) is 5. The summed E-state index contributed by atoms with van der Waals surface area (Å²) in [5.41, 5.74) is 4.40. The van der Waals surface area contributed by atoms with Gasteiger partial charge in [-0.3, -0.25) is 14.5 Å². The lowest BCUT2D eigenvalue weighted by Gasteiger charge is -2.38. The van der Waals surface area contributed by atoms with Crippen molar-refractivity contribution in [2.45, 2.75) is 44.9 Å². The van der Waals surface area contributed by atoms with Crippen LogP contribution < -0.4 is 11.1 Å². The molecular weight excluding hydrogens is 338 g/mol. The van der Waals surface area contributed by atoms with Crippen LogP contribution in [0.4, 0.5) is 10.5 Å². The summed E-state index contributed by atoms with van der Waals surface area (Å²) in [6, 6.07) is 5.86. The average molecular weight is 361 g/mol. The minimum atomic E-state index is -1.36. The second kappa shape index (κ2) is 5.98. The number of anilines is 1. The van der Waals surface area contributed by atoms with Gasteiger partial charge in [0.05, 0.1) is 11.5 Å². The predicted molar refractivity (Wildman–Crippen MR) is 93.0 cm³/mol. The molecule has 140 valence electrons. The Hall–Kier alpha value is -2.61. The summed E-state index contributed by atoms with van der Waals surface area (Å²) in [7, 11) is 0. The lowest BCUT2D eigenvalue weighted by Crippen LogP contribution is -2.48. The number of fused-ring (bicyclic) bond motifs is 1. The van der Waals surface area contributed by atoms with Crippen molar-refractivity contribution in [3.8, 4) is 0 Å². The van der Waals surface area contributed by atoms with Gasteiger partial charge in [-0.1, -0.05) is 18.2 Å². The molecule has 3 atom stereocenters. The van der Waals surface area contributed by atoms with E-state index >= 15 is 0 Å². The lowest BCUT2D eigenvalue weighted by atomic mass is 9.73. The Labute approximate surface area is 151 Å². The maximum atomic E-state index is 12.8. The third kappa shape index (κ3) is 2.90. The lowest BCUT2D eigenvalue weighted by molar-refractivity contribution is -0.133. The van der Waals surface area contributed by atoms with Gasteiger partial charge in [0, 0.05) is 17.8 Å². The largest absolute Gasteiger partial charge is 0.444 e. The molecule has 1 aromatic carbocycles. The summed E-state index contributed by atoms with van der Waals surface area (Å²) in [4.78, 5) is 38.4. The van der Waals surface area contributed by atoms with E-state index in [1.807, 2.05) is 0 Å². The zero-order valence-corrected chi connectivity index (χ0v) is 15.0. The summed E-state index contributed by atoms with van der Waals surface area (Å²) < 4.78 is 5.34. The molecule has 1 fully saturated rings. The molecule has 2 aliphatic rings. The summed E-state index contributed by atoms with van der Waals surface area (Å²) in [5, 5.41) is 13.7. The van der Waals surface area contributed by atoms with E-state index < -0.39 is 41.1 Å². The van der Waals surface area contributed by atoms with Gasteiger partial charge in [-0.15, -0.1) is 0 Å². The Balaban J connectivity index is 1.97. The third-order valence-corrected chi connectivity index (χ3v) is 4.82. The molecule has 1 unspecified atom stereocenters. The van der Waals surface area contributed by atoms with E-state index in [-0.39, 0.29) is 13.0 Å². The molecule has 8 nitrogen and oxygen atoms in total. The van der Waals surface area contributed by atoms with Crippen LogP contribution in [0.1, 0.15) is 38.9 Å². The minimum Gasteiger partial charge on any atom is -0.444 e. The van der Waals surface area contributed by atoms with Crippen molar-refractivity contribution in [3.63, 3.8) is 0 Å². The smallest absolute Gasteiger partial charge is 0.411 e. The standard InChI is InChI=1S/C18H23N3O5/c1-17(2,3)26-16(25)21-9-18(8-12(21)14(19)23)13(22)10-6-4-5-7-11(10)20-15(18)24/h4-7,12-13,22H,8-9H2,1-3H3,(H2,19,23)(H,20,24)/t12-,13?,18-/m0/s1. The first-order valence-corrected chi connectivity index (χ1v) is 8.42. The Bertz CT molecular complexity index is 772. The monoisotopic (exact) mass is 361 g/mol. The summed E-state index contributed by atoms with van der Waals surface area (Å²) in [5.74, 6) is -1.19. The Kier molecular flexibility index (Phi) is 4.18. The van der Waals surface area contributed by atoms with Gasteiger partial charge < -0.3 is 20.9 Å². The number of ether oxygens (including phenoxy) is 1. The molecule has 3 rings (SSSR count). The van der Waals surface area contributed by atoms with Crippen molar-refractivity contribution in [1.29, 1.82) is 0 Å². The normalized spacial score (nSPS) is 27.8. The molecule has 0 bridgehead atoms. The maximum absolute atomic E-state index is 12.8. The van der Waals surface area contributed by atoms with Crippen LogP contribution in [0.3, 0.4) is 0 Å². The van der Waals surface area contributed by atoms with Crippen LogP contribution in [-0.2, 0) is 14.3 Å². The number of amides is 3. The highest BCUT2D eigenvalue weighted by atomic mass is 16.6. The van der Waals surface area contributed by atoms with Crippen LogP contribution in [0.25, 0.3) is 0 Å². The first kappa shape index (κ1) is 18.2. The quantitative estimate of drug-likeness (QED) is 0.693. The summed E-state index contributed by atoms with van der Waals surface area (Å²) >= 11 is 0. The van der Waals surface area contributed by atoms with Gasteiger partial charge in [0.15, 0.2) is 0 Å². The van der Waals surface area contributed by atoms with Gasteiger partial charge in [-0.25, -0.2) is 4.79 Å². The molecule has 0 saturated carbocycles. The van der Waals surface area contributed by atoms with Gasteiger partial charge in [-0.05, 0) is 33.3 Å². The van der Waals surface area contributed by atoms with E-state index in [9.17, 15) is 19.5 Å². The number of rotatable bonds is 1. The van der Waals surface area contributed by atoms with E-state index in [2.05, 4.69) is 5.32 Å². The molecule has 1 saturated heterocycles. The van der Waals surface area contributed by atoms with E-state index in [1.54, 1.807) is 45.0 Å². The van der Waals surface area contributed by atoms with Crippen LogP contribution in [0.2, 0.25) is 0 Å². The first-order chi connectivity index (χ1) is 12.0. The molecule has 8 heteroatoms. The predicted octanol–water partition coefficient (Wildman–Crippen LogP) is 1.15. The van der Waals surface area contributed by atoms with Gasteiger partial charge in [-0.2, -0.15) is 0 Å². The number of carbonyl (C=O) groups is 3. The Morgan fingerprint density at radius 1 is 1.35 bits per heavy atom. The Morgan fingerprint density at radius 3 is 2.62 bits per heavy atom. The molecule has 26 heavy (non-hydrogen) atoms. The zero-order chi connectivity index (χ0) is 19.3. The van der Waals surface area contributed by atoms with Gasteiger partial charge in [0.1, 0.15) is 11.6 Å². The van der Waals surface area contributed by atoms with E-state index in [0.717, 1.165) is 4.90 Å². The number of nitrogens with one attached hydrogen (secondary N) is 1. The fourth-order valence-corrected chi connectivity index (χ4v) is 3.58. The molecule has 3 amide bonds. The van der Waals surface area contributed by atoms with Crippen LogP contribution in [-0.4, -0.2) is 46.1 Å². The summed E-state index contributed by atoms with van der Waals surface area (Å²) in [6.07, 6.45) is -1.97. The number of benzene rings is 1. The molecule has 0 aromatic heterocycles. The summed E-state index contributed by atoms with van der Waals surface area (Å²) in [6.45, 7) is 4.95. The Morgan fingerprint density at radius 2 is 2.00 bits per heavy atom. The number of hydrogen-bond donors (Lipinski definition) is 3. The van der Waals surface area contributed by atoms with Crippen molar-refractivity contribution < 1.29 is 24.2 Å². The molecule has 0 aliphatic carbocycles. The zero-order valence-electron chi connectivity index (χ0n) is 15.0. The van der Waals surface area contributed by atoms with Gasteiger partial charge in [0.2, 0.25) is 11.8 Å². The fraction of sp³-hybridized carbons (Fsp3) is 0.500. The number of aliphatic hydroxyl groups is 1. The molecule has 1 spiro atoms. The van der Waals surface area contributed by atoms with Crippen LogP contribution in [0.15, 0.2) is 24.3 Å². The van der Waals surface area contributed by atoms with Gasteiger partial charge in [0.25, 0.3) is 0 Å². The second-order valence-electron chi connectivity index (χ2n) is 7.83. The SMILES string of the molecule is CC(C)(C)OC(=O)N1C[C@]2(C[C@H]1C(N)=O)C(=O)Nc1ccccc1C2O. The van der Waals surface area contributed by atoms with Crippen molar-refractivity contribution in [2.75, 3.05) is 11.9 Å². The number of nitrogens with two attached hydrogens (primary N) is 1. The number of aliphatic hydroxyl groups excluding tert-OH is 1. The number of nitrogens with zero attached hydrogens (tertiary/aromatic N) is 1. The first-order valence-electron chi connectivity index (χ1n) is 8.42. The highest BCUT2D eigenvalue weighted by Gasteiger charge is 2.59. The van der Waals surface area contributed by atoms with Crippen LogP contribution in [0.5, 0.6) is 0 Å². The van der Waals surface area contributed by atoms with Crippen LogP contribution >= 0.6 is 0 Å². The molecule has 1 aromatic rings. The highest BCUT2D eigenvalue weighted by molar-refractivity contribution is 6.01.